The summed E-state index contributed by atoms with van der Waals surface area (Å²) in [5, 5.41) is 9.70. The highest BCUT2D eigenvalue weighted by Crippen LogP contribution is 2.17. The molecule has 172 valence electrons. The predicted molar refractivity (Wildman–Crippen MR) is 127 cm³/mol. The molecule has 0 bridgehead atoms. The molecule has 30 heavy (non-hydrogen) atoms. The van der Waals surface area contributed by atoms with Crippen molar-refractivity contribution in [2.45, 2.75) is 122 Å². The van der Waals surface area contributed by atoms with Gasteiger partial charge in [0.25, 0.3) is 0 Å². The number of carbonyl (C=O) groups is 1. The SMILES string of the molecule is CCCCCCCCCCCCCCCCCCOC(=O)CCc1ccccc1O. The van der Waals surface area contributed by atoms with E-state index < -0.39 is 0 Å². The first-order valence-corrected chi connectivity index (χ1v) is 12.7. The molecule has 0 radical (unpaired) electrons. The van der Waals surface area contributed by atoms with Crippen LogP contribution in [0.25, 0.3) is 0 Å². The molecule has 0 heterocycles. The third-order valence-electron chi connectivity index (χ3n) is 5.85. The lowest BCUT2D eigenvalue weighted by Gasteiger charge is -2.06. The van der Waals surface area contributed by atoms with Gasteiger partial charge in [-0.15, -0.1) is 0 Å². The van der Waals surface area contributed by atoms with E-state index >= 15 is 0 Å². The van der Waals surface area contributed by atoms with E-state index in [-0.39, 0.29) is 11.7 Å². The zero-order valence-corrected chi connectivity index (χ0v) is 19.5. The van der Waals surface area contributed by atoms with Crippen LogP contribution < -0.4 is 0 Å². The number of phenolic OH excluding ortho intramolecular Hbond substituents is 1. The third-order valence-corrected chi connectivity index (χ3v) is 5.85. The van der Waals surface area contributed by atoms with Gasteiger partial charge >= 0.3 is 5.97 Å². The average molecular weight is 419 g/mol. The molecule has 3 heteroatoms. The van der Waals surface area contributed by atoms with E-state index in [0.29, 0.717) is 19.4 Å². The summed E-state index contributed by atoms with van der Waals surface area (Å²) in [5.41, 5.74) is 0.803. The lowest BCUT2D eigenvalue weighted by atomic mass is 10.0. The third kappa shape index (κ3) is 15.3. The first kappa shape index (κ1) is 26.5. The molecular formula is C27H46O3. The number of ether oxygens (including phenoxy) is 1. The Morgan fingerprint density at radius 3 is 1.70 bits per heavy atom. The van der Waals surface area contributed by atoms with Gasteiger partial charge in [-0.3, -0.25) is 4.79 Å². The second kappa shape index (κ2) is 19.5. The van der Waals surface area contributed by atoms with Gasteiger partial charge in [0.15, 0.2) is 0 Å². The number of esters is 1. The van der Waals surface area contributed by atoms with Gasteiger partial charge in [-0.2, -0.15) is 0 Å². The Hall–Kier alpha value is -1.51. The van der Waals surface area contributed by atoms with Gasteiger partial charge in [-0.1, -0.05) is 121 Å². The molecule has 0 saturated heterocycles. The summed E-state index contributed by atoms with van der Waals surface area (Å²) in [5.74, 6) is 0.0855. The van der Waals surface area contributed by atoms with Gasteiger partial charge in [0.1, 0.15) is 5.75 Å². The molecule has 1 aromatic rings. The van der Waals surface area contributed by atoms with Crippen molar-refractivity contribution >= 4 is 5.97 Å². The van der Waals surface area contributed by atoms with Crippen LogP contribution in [0.3, 0.4) is 0 Å². The maximum atomic E-state index is 11.8. The Kier molecular flexibility index (Phi) is 17.2. The van der Waals surface area contributed by atoms with Crippen LogP contribution in [0.4, 0.5) is 0 Å². The highest BCUT2D eigenvalue weighted by molar-refractivity contribution is 5.69. The lowest BCUT2D eigenvalue weighted by molar-refractivity contribution is -0.143. The van der Waals surface area contributed by atoms with Crippen molar-refractivity contribution in [1.82, 2.24) is 0 Å². The zero-order valence-electron chi connectivity index (χ0n) is 19.5. The first-order valence-electron chi connectivity index (χ1n) is 12.7. The van der Waals surface area contributed by atoms with Crippen LogP contribution >= 0.6 is 0 Å². The number of benzene rings is 1. The van der Waals surface area contributed by atoms with E-state index in [1.165, 1.54) is 89.9 Å². The number of aryl methyl sites for hydroxylation is 1. The lowest BCUT2D eigenvalue weighted by Crippen LogP contribution is -2.07. The van der Waals surface area contributed by atoms with Gasteiger partial charge in [-0.25, -0.2) is 0 Å². The number of hydrogen-bond donors (Lipinski definition) is 1. The second-order valence-electron chi connectivity index (χ2n) is 8.65. The highest BCUT2D eigenvalue weighted by atomic mass is 16.5. The van der Waals surface area contributed by atoms with Crippen LogP contribution in [-0.4, -0.2) is 17.7 Å². The summed E-state index contributed by atoms with van der Waals surface area (Å²) in [6, 6.07) is 7.15. The van der Waals surface area contributed by atoms with Gasteiger partial charge < -0.3 is 9.84 Å². The Balaban J connectivity index is 1.78. The number of unbranched alkanes of at least 4 members (excludes halogenated alkanes) is 15. The van der Waals surface area contributed by atoms with Gasteiger partial charge in [-0.05, 0) is 24.5 Å². The number of carbonyl (C=O) groups excluding carboxylic acids is 1. The first-order chi connectivity index (χ1) is 14.7. The molecule has 0 saturated carbocycles. The van der Waals surface area contributed by atoms with E-state index in [1.807, 2.05) is 12.1 Å². The fourth-order valence-electron chi connectivity index (χ4n) is 3.87. The number of aromatic hydroxyl groups is 1. The number of phenols is 1. The maximum absolute atomic E-state index is 11.8. The summed E-state index contributed by atoms with van der Waals surface area (Å²) < 4.78 is 5.30. The molecular weight excluding hydrogens is 372 g/mol. The Morgan fingerprint density at radius 2 is 1.20 bits per heavy atom. The Bertz CT molecular complexity index is 527. The molecule has 1 aromatic carbocycles. The van der Waals surface area contributed by atoms with E-state index in [2.05, 4.69) is 6.92 Å². The zero-order chi connectivity index (χ0) is 21.7. The van der Waals surface area contributed by atoms with Crippen molar-refractivity contribution in [2.24, 2.45) is 0 Å². The van der Waals surface area contributed by atoms with E-state index in [4.69, 9.17) is 4.74 Å². The van der Waals surface area contributed by atoms with Gasteiger partial charge in [0, 0.05) is 6.42 Å². The van der Waals surface area contributed by atoms with E-state index in [0.717, 1.165) is 18.4 Å². The smallest absolute Gasteiger partial charge is 0.306 e. The minimum atomic E-state index is -0.167. The van der Waals surface area contributed by atoms with Crippen molar-refractivity contribution in [1.29, 1.82) is 0 Å². The fraction of sp³-hybridized carbons (Fsp3) is 0.741. The molecule has 0 aliphatic heterocycles. The Labute approximate surface area is 185 Å². The largest absolute Gasteiger partial charge is 0.508 e. The average Bonchev–Trinajstić information content (AvgIpc) is 2.75. The molecule has 0 fully saturated rings. The number of rotatable bonds is 20. The molecule has 0 unspecified atom stereocenters. The standard InChI is InChI=1S/C27H46O3/c1-2-3-4-5-6-7-8-9-10-11-12-13-14-15-16-19-24-30-27(29)23-22-25-20-17-18-21-26(25)28/h17-18,20-21,28H,2-16,19,22-24H2,1H3. The molecule has 0 spiro atoms. The van der Waals surface area contributed by atoms with Crippen LogP contribution in [0.15, 0.2) is 24.3 Å². The van der Waals surface area contributed by atoms with Crippen molar-refractivity contribution in [2.75, 3.05) is 6.61 Å². The molecule has 1 rings (SSSR count). The second-order valence-corrected chi connectivity index (χ2v) is 8.65. The minimum absolute atomic E-state index is 0.167. The van der Waals surface area contributed by atoms with Gasteiger partial charge in [0.2, 0.25) is 0 Å². The van der Waals surface area contributed by atoms with E-state index in [1.54, 1.807) is 12.1 Å². The topological polar surface area (TPSA) is 46.5 Å². The molecule has 3 nitrogen and oxygen atoms in total. The predicted octanol–water partition coefficient (Wildman–Crippen LogP) is 8.13. The van der Waals surface area contributed by atoms with E-state index in [9.17, 15) is 9.90 Å². The highest BCUT2D eigenvalue weighted by Gasteiger charge is 2.06. The van der Waals surface area contributed by atoms with Crippen LogP contribution in [-0.2, 0) is 16.0 Å². The summed E-state index contributed by atoms with van der Waals surface area (Å²) in [4.78, 5) is 11.8. The number of hydrogen-bond acceptors (Lipinski definition) is 3. The molecule has 0 amide bonds. The van der Waals surface area contributed by atoms with Crippen LogP contribution in [0.2, 0.25) is 0 Å². The normalized spacial score (nSPS) is 11.0. The van der Waals surface area contributed by atoms with Crippen LogP contribution in [0, 0.1) is 0 Å². The van der Waals surface area contributed by atoms with Crippen LogP contribution in [0.5, 0.6) is 5.75 Å². The van der Waals surface area contributed by atoms with Crippen molar-refractivity contribution in [3.05, 3.63) is 29.8 Å². The van der Waals surface area contributed by atoms with Crippen LogP contribution in [0.1, 0.15) is 122 Å². The molecule has 0 aromatic heterocycles. The monoisotopic (exact) mass is 418 g/mol. The maximum Gasteiger partial charge on any atom is 0.306 e. The van der Waals surface area contributed by atoms with Crippen molar-refractivity contribution in [3.63, 3.8) is 0 Å². The molecule has 1 N–H and O–H groups in total. The summed E-state index contributed by atoms with van der Waals surface area (Å²) in [6.07, 6.45) is 22.4. The minimum Gasteiger partial charge on any atom is -0.508 e. The quantitative estimate of drug-likeness (QED) is 0.172. The summed E-state index contributed by atoms with van der Waals surface area (Å²) in [7, 11) is 0. The molecule has 0 aliphatic rings. The van der Waals surface area contributed by atoms with Gasteiger partial charge in [0.05, 0.1) is 6.61 Å². The Morgan fingerprint density at radius 1 is 0.733 bits per heavy atom. The fourth-order valence-corrected chi connectivity index (χ4v) is 3.87. The molecule has 0 aliphatic carbocycles. The number of para-hydroxylation sites is 1. The van der Waals surface area contributed by atoms with Crippen molar-refractivity contribution < 1.29 is 14.6 Å². The summed E-state index contributed by atoms with van der Waals surface area (Å²) >= 11 is 0. The summed E-state index contributed by atoms with van der Waals surface area (Å²) in [6.45, 7) is 2.80. The van der Waals surface area contributed by atoms with Crippen molar-refractivity contribution in [3.8, 4) is 5.75 Å². The molecule has 0 atom stereocenters.